The van der Waals surface area contributed by atoms with Crippen molar-refractivity contribution in [1.82, 2.24) is 15.1 Å². The number of amides is 1. The van der Waals surface area contributed by atoms with Crippen LogP contribution in [-0.4, -0.2) is 29.9 Å². The number of benzene rings is 1. The molecule has 7 heteroatoms. The highest BCUT2D eigenvalue weighted by molar-refractivity contribution is 6.31. The Balaban J connectivity index is 2.10. The van der Waals surface area contributed by atoms with Gasteiger partial charge < -0.3 is 14.8 Å². The van der Waals surface area contributed by atoms with Crippen LogP contribution in [-0.2, 0) is 13.6 Å². The molecule has 1 heterocycles. The van der Waals surface area contributed by atoms with Crippen molar-refractivity contribution in [3.05, 3.63) is 40.7 Å². The minimum Gasteiger partial charge on any atom is -0.493 e. The van der Waals surface area contributed by atoms with E-state index in [1.165, 1.54) is 7.11 Å². The summed E-state index contributed by atoms with van der Waals surface area (Å²) >= 11 is 5.99. The molecule has 1 aromatic carbocycles. The summed E-state index contributed by atoms with van der Waals surface area (Å²) in [6.45, 7) is 0.294. The van der Waals surface area contributed by atoms with E-state index in [2.05, 4.69) is 10.4 Å². The van der Waals surface area contributed by atoms with E-state index in [1.807, 2.05) is 0 Å². The molecule has 0 aliphatic heterocycles. The Kier molecular flexibility index (Phi) is 4.70. The third-order valence-corrected chi connectivity index (χ3v) is 3.39. The van der Waals surface area contributed by atoms with Crippen molar-refractivity contribution in [3.8, 4) is 11.5 Å². The fourth-order valence-electron chi connectivity index (χ4n) is 1.88. The molecular weight excluding hydrogens is 294 g/mol. The summed E-state index contributed by atoms with van der Waals surface area (Å²) in [7, 11) is 4.83. The number of hydrogen-bond acceptors (Lipinski definition) is 4. The molecule has 21 heavy (non-hydrogen) atoms. The van der Waals surface area contributed by atoms with Crippen molar-refractivity contribution in [2.75, 3.05) is 14.2 Å². The molecule has 0 radical (unpaired) electrons. The van der Waals surface area contributed by atoms with Crippen LogP contribution in [0.25, 0.3) is 0 Å². The van der Waals surface area contributed by atoms with Gasteiger partial charge in [0, 0.05) is 12.6 Å². The first-order chi connectivity index (χ1) is 10.1. The zero-order chi connectivity index (χ0) is 15.4. The molecule has 0 aliphatic rings. The van der Waals surface area contributed by atoms with Gasteiger partial charge in [-0.05, 0) is 18.2 Å². The van der Waals surface area contributed by atoms with Crippen LogP contribution < -0.4 is 14.8 Å². The Hall–Kier alpha value is -2.21. The van der Waals surface area contributed by atoms with Crippen LogP contribution in [0.1, 0.15) is 16.1 Å². The van der Waals surface area contributed by atoms with E-state index in [0.717, 1.165) is 5.69 Å². The van der Waals surface area contributed by atoms with Gasteiger partial charge in [0.25, 0.3) is 5.91 Å². The van der Waals surface area contributed by atoms with Crippen molar-refractivity contribution < 1.29 is 14.3 Å². The van der Waals surface area contributed by atoms with Gasteiger partial charge in [0.05, 0.1) is 37.7 Å². The van der Waals surface area contributed by atoms with Crippen LogP contribution in [0.4, 0.5) is 0 Å². The fraction of sp³-hybridized carbons (Fsp3) is 0.286. The fourth-order valence-corrected chi connectivity index (χ4v) is 2.11. The van der Waals surface area contributed by atoms with Gasteiger partial charge in [-0.1, -0.05) is 11.6 Å². The maximum atomic E-state index is 12.2. The first-order valence-corrected chi connectivity index (χ1v) is 6.61. The molecule has 2 rings (SSSR count). The molecule has 0 atom stereocenters. The quantitative estimate of drug-likeness (QED) is 0.917. The number of halogens is 1. The molecule has 1 aromatic heterocycles. The van der Waals surface area contributed by atoms with E-state index >= 15 is 0 Å². The van der Waals surface area contributed by atoms with E-state index < -0.39 is 0 Å². The standard InChI is InChI=1S/C14H16ClN3O3/c1-18-11(10(15)7-17-18)8-16-14(19)9-4-5-12(20-2)13(6-9)21-3/h4-7H,8H2,1-3H3,(H,16,19). The van der Waals surface area contributed by atoms with E-state index in [-0.39, 0.29) is 5.91 Å². The van der Waals surface area contributed by atoms with Crippen LogP contribution in [0.5, 0.6) is 11.5 Å². The van der Waals surface area contributed by atoms with Crippen LogP contribution in [0.3, 0.4) is 0 Å². The van der Waals surface area contributed by atoms with Crippen molar-refractivity contribution in [1.29, 1.82) is 0 Å². The zero-order valence-electron chi connectivity index (χ0n) is 12.0. The van der Waals surface area contributed by atoms with Crippen LogP contribution in [0.15, 0.2) is 24.4 Å². The van der Waals surface area contributed by atoms with E-state index in [0.29, 0.717) is 28.6 Å². The predicted octanol–water partition coefficient (Wildman–Crippen LogP) is 2.02. The second-order valence-electron chi connectivity index (χ2n) is 4.32. The molecule has 0 saturated heterocycles. The lowest BCUT2D eigenvalue weighted by atomic mass is 10.2. The highest BCUT2D eigenvalue weighted by Crippen LogP contribution is 2.27. The summed E-state index contributed by atoms with van der Waals surface area (Å²) in [6.07, 6.45) is 1.54. The minimum absolute atomic E-state index is 0.229. The number of carbonyl (C=O) groups is 1. The molecule has 0 fully saturated rings. The molecule has 1 N–H and O–H groups in total. The molecule has 0 bridgehead atoms. The lowest BCUT2D eigenvalue weighted by molar-refractivity contribution is 0.0949. The Labute approximate surface area is 127 Å². The van der Waals surface area contributed by atoms with E-state index in [9.17, 15) is 4.79 Å². The molecule has 1 amide bonds. The smallest absolute Gasteiger partial charge is 0.251 e. The molecule has 0 aliphatic carbocycles. The van der Waals surface area contributed by atoms with Gasteiger partial charge in [-0.15, -0.1) is 0 Å². The Morgan fingerprint density at radius 3 is 2.62 bits per heavy atom. The Morgan fingerprint density at radius 1 is 1.33 bits per heavy atom. The minimum atomic E-state index is -0.229. The number of methoxy groups -OCH3 is 2. The molecule has 2 aromatic rings. The van der Waals surface area contributed by atoms with Gasteiger partial charge in [0.15, 0.2) is 11.5 Å². The van der Waals surface area contributed by atoms with Crippen molar-refractivity contribution in [2.45, 2.75) is 6.54 Å². The number of hydrogen-bond donors (Lipinski definition) is 1. The van der Waals surface area contributed by atoms with Gasteiger partial charge in [0.2, 0.25) is 0 Å². The van der Waals surface area contributed by atoms with Crippen molar-refractivity contribution >= 4 is 17.5 Å². The van der Waals surface area contributed by atoms with Crippen molar-refractivity contribution in [3.63, 3.8) is 0 Å². The number of carbonyl (C=O) groups excluding carboxylic acids is 1. The second kappa shape index (κ2) is 6.49. The maximum Gasteiger partial charge on any atom is 0.251 e. The molecule has 0 saturated carbocycles. The Morgan fingerprint density at radius 2 is 2.05 bits per heavy atom. The molecule has 6 nitrogen and oxygen atoms in total. The number of ether oxygens (including phenoxy) is 2. The number of rotatable bonds is 5. The highest BCUT2D eigenvalue weighted by atomic mass is 35.5. The summed E-state index contributed by atoms with van der Waals surface area (Å²) in [5.41, 5.74) is 1.22. The zero-order valence-corrected chi connectivity index (χ0v) is 12.8. The summed E-state index contributed by atoms with van der Waals surface area (Å²) < 4.78 is 11.9. The first kappa shape index (κ1) is 15.2. The van der Waals surface area contributed by atoms with Gasteiger partial charge in [0.1, 0.15) is 0 Å². The topological polar surface area (TPSA) is 65.4 Å². The second-order valence-corrected chi connectivity index (χ2v) is 4.72. The SMILES string of the molecule is COc1ccc(C(=O)NCc2c(Cl)cnn2C)cc1OC. The molecule has 0 unspecified atom stereocenters. The summed E-state index contributed by atoms with van der Waals surface area (Å²) in [5, 5.41) is 7.32. The van der Waals surface area contributed by atoms with Gasteiger partial charge >= 0.3 is 0 Å². The summed E-state index contributed by atoms with van der Waals surface area (Å²) in [4.78, 5) is 12.2. The molecule has 0 spiro atoms. The third kappa shape index (κ3) is 3.28. The van der Waals surface area contributed by atoms with Gasteiger partial charge in [-0.25, -0.2) is 0 Å². The lowest BCUT2D eigenvalue weighted by Gasteiger charge is -2.10. The highest BCUT2D eigenvalue weighted by Gasteiger charge is 2.12. The average Bonchev–Trinajstić information content (AvgIpc) is 2.82. The van der Waals surface area contributed by atoms with Gasteiger partial charge in [-0.3, -0.25) is 9.48 Å². The first-order valence-electron chi connectivity index (χ1n) is 6.23. The van der Waals surface area contributed by atoms with Crippen LogP contribution in [0, 0.1) is 0 Å². The number of aromatic nitrogens is 2. The van der Waals surface area contributed by atoms with E-state index in [1.54, 1.807) is 43.2 Å². The monoisotopic (exact) mass is 309 g/mol. The summed E-state index contributed by atoms with van der Waals surface area (Å²) in [5.74, 6) is 0.848. The number of aryl methyl sites for hydroxylation is 1. The lowest BCUT2D eigenvalue weighted by Crippen LogP contribution is -2.24. The number of nitrogens with zero attached hydrogens (tertiary/aromatic N) is 2. The molecule has 112 valence electrons. The Bertz CT molecular complexity index is 635. The normalized spacial score (nSPS) is 10.3. The van der Waals surface area contributed by atoms with E-state index in [4.69, 9.17) is 21.1 Å². The average molecular weight is 310 g/mol. The van der Waals surface area contributed by atoms with Crippen LogP contribution in [0.2, 0.25) is 5.02 Å². The predicted molar refractivity (Wildman–Crippen MR) is 78.9 cm³/mol. The van der Waals surface area contributed by atoms with Crippen molar-refractivity contribution in [2.24, 2.45) is 7.05 Å². The van der Waals surface area contributed by atoms with Crippen LogP contribution >= 0.6 is 11.6 Å². The third-order valence-electron chi connectivity index (χ3n) is 3.07. The number of nitrogens with one attached hydrogen (secondary N) is 1. The maximum absolute atomic E-state index is 12.2. The van der Waals surface area contributed by atoms with Gasteiger partial charge in [-0.2, -0.15) is 5.10 Å². The summed E-state index contributed by atoms with van der Waals surface area (Å²) in [6, 6.07) is 4.98. The largest absolute Gasteiger partial charge is 0.493 e. The molecular formula is C14H16ClN3O3.